The van der Waals surface area contributed by atoms with Gasteiger partial charge in [0, 0.05) is 11.6 Å². The summed E-state index contributed by atoms with van der Waals surface area (Å²) < 4.78 is 19.6. The van der Waals surface area contributed by atoms with Gasteiger partial charge in [-0.05, 0) is 74.3 Å². The quantitative estimate of drug-likeness (QED) is 0.728. The maximum atomic E-state index is 13.6. The lowest BCUT2D eigenvalue weighted by Crippen LogP contribution is -2.23. The topological polar surface area (TPSA) is 25.4 Å². The number of rotatable bonds is 1. The standard InChI is InChI=1S/C18H18FNO/c19-13-1-2-16-15(11-13)14(5-10-20-16)12-3-6-17(7-4-12)18(21-17)8-9-18/h1-2,5,10-12H,3-4,6-9H2. The minimum Gasteiger partial charge on any atom is -0.363 e. The van der Waals surface area contributed by atoms with Crippen molar-refractivity contribution in [2.75, 3.05) is 0 Å². The molecule has 3 heteroatoms. The molecule has 0 unspecified atom stereocenters. The molecule has 2 saturated carbocycles. The zero-order valence-corrected chi connectivity index (χ0v) is 11.9. The summed E-state index contributed by atoms with van der Waals surface area (Å²) in [6.45, 7) is 0. The number of ether oxygens (including phenoxy) is 1. The van der Waals surface area contributed by atoms with E-state index in [0.717, 1.165) is 36.6 Å². The van der Waals surface area contributed by atoms with Crippen molar-refractivity contribution in [1.82, 2.24) is 4.98 Å². The van der Waals surface area contributed by atoms with Crippen molar-refractivity contribution < 1.29 is 9.13 Å². The average molecular weight is 283 g/mol. The summed E-state index contributed by atoms with van der Waals surface area (Å²) in [5.41, 5.74) is 2.68. The molecule has 5 rings (SSSR count). The Labute approximate surface area is 123 Å². The van der Waals surface area contributed by atoms with Gasteiger partial charge < -0.3 is 4.74 Å². The summed E-state index contributed by atoms with van der Waals surface area (Å²) in [5.74, 6) is 0.342. The van der Waals surface area contributed by atoms with Gasteiger partial charge in [-0.3, -0.25) is 4.98 Å². The van der Waals surface area contributed by atoms with Gasteiger partial charge in [0.15, 0.2) is 0 Å². The number of hydrogen-bond acceptors (Lipinski definition) is 2. The SMILES string of the molecule is Fc1ccc2nccc(C3CCC4(CC3)OC43CC3)c2c1. The Morgan fingerprint density at radius 2 is 1.81 bits per heavy atom. The fourth-order valence-electron chi connectivity index (χ4n) is 4.47. The maximum absolute atomic E-state index is 13.6. The molecule has 21 heavy (non-hydrogen) atoms. The summed E-state index contributed by atoms with van der Waals surface area (Å²) in [6, 6.07) is 6.98. The van der Waals surface area contributed by atoms with Crippen LogP contribution in [-0.4, -0.2) is 16.2 Å². The van der Waals surface area contributed by atoms with Crippen molar-refractivity contribution in [3.05, 3.63) is 41.8 Å². The zero-order valence-electron chi connectivity index (χ0n) is 11.9. The molecule has 0 radical (unpaired) electrons. The minimum atomic E-state index is -0.175. The van der Waals surface area contributed by atoms with E-state index in [0.29, 0.717) is 11.5 Å². The fraction of sp³-hybridized carbons (Fsp3) is 0.500. The summed E-state index contributed by atoms with van der Waals surface area (Å²) >= 11 is 0. The smallest absolute Gasteiger partial charge is 0.123 e. The molecule has 1 aromatic carbocycles. The molecule has 1 saturated heterocycles. The first-order valence-electron chi connectivity index (χ1n) is 7.96. The first-order valence-corrected chi connectivity index (χ1v) is 7.96. The van der Waals surface area contributed by atoms with Crippen molar-refractivity contribution in [2.45, 2.75) is 55.6 Å². The molecule has 1 aromatic heterocycles. The third kappa shape index (κ3) is 1.64. The molecule has 2 spiro atoms. The van der Waals surface area contributed by atoms with Gasteiger partial charge in [0.1, 0.15) is 5.82 Å². The Bertz CT molecular complexity index is 729. The number of pyridine rings is 1. The normalized spacial score (nSPS) is 32.7. The summed E-state index contributed by atoms with van der Waals surface area (Å²) in [4.78, 5) is 4.36. The number of epoxide rings is 1. The third-order valence-corrected chi connectivity index (χ3v) is 5.85. The van der Waals surface area contributed by atoms with Crippen LogP contribution in [0.1, 0.15) is 50.0 Å². The lowest BCUT2D eigenvalue weighted by Gasteiger charge is -2.28. The lowest BCUT2D eigenvalue weighted by atomic mass is 9.76. The maximum Gasteiger partial charge on any atom is 0.123 e. The molecular formula is C18H18FNO. The van der Waals surface area contributed by atoms with E-state index in [1.807, 2.05) is 6.20 Å². The van der Waals surface area contributed by atoms with Crippen molar-refractivity contribution >= 4 is 10.9 Å². The molecule has 2 heterocycles. The number of halogens is 1. The molecule has 2 aliphatic carbocycles. The van der Waals surface area contributed by atoms with Gasteiger partial charge in [-0.25, -0.2) is 4.39 Å². The number of nitrogens with zero attached hydrogens (tertiary/aromatic N) is 1. The number of aromatic nitrogens is 1. The largest absolute Gasteiger partial charge is 0.363 e. The molecule has 0 bridgehead atoms. The second-order valence-corrected chi connectivity index (χ2v) is 6.93. The molecule has 3 aliphatic rings. The van der Waals surface area contributed by atoms with E-state index in [2.05, 4.69) is 11.1 Å². The second kappa shape index (κ2) is 3.83. The molecule has 3 fully saturated rings. The summed E-state index contributed by atoms with van der Waals surface area (Å²) in [5, 5.41) is 0.983. The first kappa shape index (κ1) is 12.1. The van der Waals surface area contributed by atoms with Gasteiger partial charge in [-0.1, -0.05) is 0 Å². The second-order valence-electron chi connectivity index (χ2n) is 6.93. The van der Waals surface area contributed by atoms with Gasteiger partial charge in [0.25, 0.3) is 0 Å². The first-order chi connectivity index (χ1) is 10.2. The average Bonchev–Trinajstić information content (AvgIpc) is 3.40. The van der Waals surface area contributed by atoms with Gasteiger partial charge >= 0.3 is 0 Å². The van der Waals surface area contributed by atoms with Gasteiger partial charge in [0.05, 0.1) is 16.7 Å². The van der Waals surface area contributed by atoms with Crippen molar-refractivity contribution in [3.63, 3.8) is 0 Å². The van der Waals surface area contributed by atoms with Crippen LogP contribution in [0.2, 0.25) is 0 Å². The Balaban J connectivity index is 1.47. The van der Waals surface area contributed by atoms with E-state index in [4.69, 9.17) is 4.74 Å². The Hall–Kier alpha value is -1.48. The zero-order chi connectivity index (χ0) is 14.1. The van der Waals surface area contributed by atoms with E-state index in [-0.39, 0.29) is 11.4 Å². The van der Waals surface area contributed by atoms with Crippen LogP contribution in [0.4, 0.5) is 4.39 Å². The Morgan fingerprint density at radius 1 is 1.05 bits per heavy atom. The van der Waals surface area contributed by atoms with Crippen LogP contribution in [0.5, 0.6) is 0 Å². The summed E-state index contributed by atoms with van der Waals surface area (Å²) in [6.07, 6.45) is 9.01. The highest BCUT2D eigenvalue weighted by Crippen LogP contribution is 2.70. The number of benzene rings is 1. The Morgan fingerprint density at radius 3 is 2.52 bits per heavy atom. The monoisotopic (exact) mass is 283 g/mol. The highest BCUT2D eigenvalue weighted by Gasteiger charge is 2.76. The van der Waals surface area contributed by atoms with Crippen molar-refractivity contribution in [2.24, 2.45) is 0 Å². The van der Waals surface area contributed by atoms with E-state index in [9.17, 15) is 4.39 Å². The summed E-state index contributed by atoms with van der Waals surface area (Å²) in [7, 11) is 0. The van der Waals surface area contributed by atoms with Gasteiger partial charge in [-0.15, -0.1) is 0 Å². The van der Waals surface area contributed by atoms with Gasteiger partial charge in [-0.2, -0.15) is 0 Å². The van der Waals surface area contributed by atoms with Crippen LogP contribution < -0.4 is 0 Å². The molecule has 108 valence electrons. The molecule has 0 atom stereocenters. The van der Waals surface area contributed by atoms with Gasteiger partial charge in [0.2, 0.25) is 0 Å². The molecule has 0 amide bonds. The molecule has 0 N–H and O–H groups in total. The number of fused-ring (bicyclic) bond motifs is 2. The lowest BCUT2D eigenvalue weighted by molar-refractivity contribution is 0.220. The van der Waals surface area contributed by atoms with Crippen LogP contribution in [0, 0.1) is 5.82 Å². The predicted octanol–water partition coefficient (Wildman–Crippen LogP) is 4.33. The molecular weight excluding hydrogens is 265 g/mol. The van der Waals surface area contributed by atoms with Crippen LogP contribution in [0.15, 0.2) is 30.5 Å². The van der Waals surface area contributed by atoms with Crippen molar-refractivity contribution in [1.29, 1.82) is 0 Å². The highest BCUT2D eigenvalue weighted by molar-refractivity contribution is 5.82. The molecule has 1 aliphatic heterocycles. The van der Waals surface area contributed by atoms with E-state index < -0.39 is 0 Å². The van der Waals surface area contributed by atoms with Crippen LogP contribution in [-0.2, 0) is 4.74 Å². The van der Waals surface area contributed by atoms with E-state index >= 15 is 0 Å². The van der Waals surface area contributed by atoms with E-state index in [1.54, 1.807) is 12.1 Å². The minimum absolute atomic E-state index is 0.175. The number of hydrogen-bond donors (Lipinski definition) is 0. The third-order valence-electron chi connectivity index (χ3n) is 5.85. The van der Waals surface area contributed by atoms with Crippen LogP contribution in [0.25, 0.3) is 10.9 Å². The van der Waals surface area contributed by atoms with Crippen molar-refractivity contribution in [3.8, 4) is 0 Å². The highest BCUT2D eigenvalue weighted by atomic mass is 19.1. The van der Waals surface area contributed by atoms with Crippen LogP contribution in [0.3, 0.4) is 0 Å². The van der Waals surface area contributed by atoms with Crippen LogP contribution >= 0.6 is 0 Å². The predicted molar refractivity (Wildman–Crippen MR) is 78.7 cm³/mol. The Kier molecular flexibility index (Phi) is 2.21. The van der Waals surface area contributed by atoms with E-state index in [1.165, 1.54) is 24.5 Å². The molecule has 2 aromatic rings. The fourth-order valence-corrected chi connectivity index (χ4v) is 4.47. The molecule has 2 nitrogen and oxygen atoms in total.